The molecule has 0 saturated heterocycles. The van der Waals surface area contributed by atoms with Crippen LogP contribution in [0.1, 0.15) is 34.0 Å². The number of amides is 2. The van der Waals surface area contributed by atoms with Gasteiger partial charge in [0.15, 0.2) is 0 Å². The van der Waals surface area contributed by atoms with E-state index in [9.17, 15) is 23.9 Å². The number of nitrogens with one attached hydrogen (secondary N) is 2. The van der Waals surface area contributed by atoms with Crippen LogP contribution < -0.4 is 16.2 Å². The van der Waals surface area contributed by atoms with E-state index < -0.39 is 28.9 Å². The summed E-state index contributed by atoms with van der Waals surface area (Å²) in [7, 11) is 0. The predicted octanol–water partition coefficient (Wildman–Crippen LogP) is 3.20. The number of fused-ring (bicyclic) bond motifs is 1. The number of rotatable bonds is 6. The highest BCUT2D eigenvalue weighted by Crippen LogP contribution is 2.21. The van der Waals surface area contributed by atoms with E-state index in [4.69, 9.17) is 11.6 Å². The van der Waals surface area contributed by atoms with Crippen molar-refractivity contribution in [2.24, 2.45) is 0 Å². The lowest BCUT2D eigenvalue weighted by Gasteiger charge is -2.13. The molecule has 0 unspecified atom stereocenters. The number of hydrogen-bond donors (Lipinski definition) is 3. The van der Waals surface area contributed by atoms with Crippen molar-refractivity contribution in [3.63, 3.8) is 0 Å². The molecule has 0 radical (unpaired) electrons. The van der Waals surface area contributed by atoms with E-state index >= 15 is 0 Å². The predicted molar refractivity (Wildman–Crippen MR) is 111 cm³/mol. The Morgan fingerprint density at radius 3 is 2.63 bits per heavy atom. The topological polar surface area (TPSA) is 99.9 Å². The Morgan fingerprint density at radius 2 is 1.93 bits per heavy atom. The van der Waals surface area contributed by atoms with Gasteiger partial charge in [0, 0.05) is 25.7 Å². The zero-order valence-corrected chi connectivity index (χ0v) is 16.8. The van der Waals surface area contributed by atoms with Crippen LogP contribution >= 0.6 is 11.6 Å². The van der Waals surface area contributed by atoms with E-state index in [1.165, 1.54) is 22.7 Å². The van der Waals surface area contributed by atoms with Crippen molar-refractivity contribution < 1.29 is 19.1 Å². The average molecular weight is 432 g/mol. The van der Waals surface area contributed by atoms with Crippen LogP contribution in [0.3, 0.4) is 0 Å². The standard InChI is InChI=1S/C21H19ClFN3O4/c1-2-24-21(30)25-10-14-9-15(20(28)29)19(27)26-11-12(6-7-17(14)26)8-13-4-3-5-16(22)18(13)23/h3-7,9,11H,2,8,10H2,1H3,(H,28,29)(H2,24,25,30). The maximum atomic E-state index is 14.2. The maximum Gasteiger partial charge on any atom is 0.341 e. The molecule has 3 rings (SSSR count). The summed E-state index contributed by atoms with van der Waals surface area (Å²) in [5, 5.41) is 14.6. The second kappa shape index (κ2) is 8.96. The molecular formula is C21H19ClFN3O4. The fourth-order valence-electron chi connectivity index (χ4n) is 3.12. The Hall–Kier alpha value is -3.39. The number of nitrogens with zero attached hydrogens (tertiary/aromatic N) is 1. The zero-order chi connectivity index (χ0) is 21.8. The number of carboxylic acids is 1. The number of urea groups is 1. The second-order valence-electron chi connectivity index (χ2n) is 6.59. The number of pyridine rings is 2. The molecule has 0 aliphatic heterocycles. The van der Waals surface area contributed by atoms with Gasteiger partial charge in [-0.15, -0.1) is 0 Å². The van der Waals surface area contributed by atoms with Crippen LogP contribution in [-0.4, -0.2) is 28.1 Å². The Balaban J connectivity index is 2.05. The Kier molecular flexibility index (Phi) is 6.37. The number of aromatic carboxylic acids is 1. The minimum atomic E-state index is -1.38. The minimum Gasteiger partial charge on any atom is -0.477 e. The molecule has 0 bridgehead atoms. The normalized spacial score (nSPS) is 10.8. The van der Waals surface area contributed by atoms with Crippen molar-refractivity contribution in [3.8, 4) is 0 Å². The zero-order valence-electron chi connectivity index (χ0n) is 16.0. The second-order valence-corrected chi connectivity index (χ2v) is 7.00. The van der Waals surface area contributed by atoms with Crippen LogP contribution in [0.25, 0.3) is 5.52 Å². The van der Waals surface area contributed by atoms with Gasteiger partial charge in [-0.1, -0.05) is 29.8 Å². The molecule has 156 valence electrons. The van der Waals surface area contributed by atoms with E-state index in [0.29, 0.717) is 28.8 Å². The number of aromatic nitrogens is 1. The quantitative estimate of drug-likeness (QED) is 0.558. The first-order valence-corrected chi connectivity index (χ1v) is 9.54. The molecule has 0 aliphatic carbocycles. The Bertz CT molecular complexity index is 1190. The SMILES string of the molecule is CCNC(=O)NCc1cc(C(=O)O)c(=O)n2cc(Cc3cccc(Cl)c3F)ccc12. The summed E-state index contributed by atoms with van der Waals surface area (Å²) in [6.07, 6.45) is 1.64. The van der Waals surface area contributed by atoms with Crippen molar-refractivity contribution in [2.75, 3.05) is 6.54 Å². The van der Waals surface area contributed by atoms with Crippen molar-refractivity contribution in [1.29, 1.82) is 0 Å². The van der Waals surface area contributed by atoms with Gasteiger partial charge in [0.2, 0.25) is 0 Å². The van der Waals surface area contributed by atoms with Crippen LogP contribution in [0.2, 0.25) is 5.02 Å². The van der Waals surface area contributed by atoms with Gasteiger partial charge < -0.3 is 15.7 Å². The fraction of sp³-hybridized carbons (Fsp3) is 0.190. The number of carbonyl (C=O) groups is 2. The largest absolute Gasteiger partial charge is 0.477 e. The van der Waals surface area contributed by atoms with Gasteiger partial charge in [-0.2, -0.15) is 0 Å². The molecule has 2 aromatic heterocycles. The molecular weight excluding hydrogens is 413 g/mol. The molecule has 30 heavy (non-hydrogen) atoms. The number of carbonyl (C=O) groups excluding carboxylic acids is 1. The lowest BCUT2D eigenvalue weighted by molar-refractivity contribution is 0.0694. The van der Waals surface area contributed by atoms with Crippen molar-refractivity contribution in [1.82, 2.24) is 15.0 Å². The van der Waals surface area contributed by atoms with Gasteiger partial charge in [-0.05, 0) is 41.8 Å². The molecule has 0 fully saturated rings. The Labute approximate surface area is 176 Å². The summed E-state index contributed by atoms with van der Waals surface area (Å²) in [5.41, 5.74) is 0.702. The minimum absolute atomic E-state index is 0.00247. The molecule has 2 heterocycles. The number of hydrogen-bond acceptors (Lipinski definition) is 3. The van der Waals surface area contributed by atoms with Crippen LogP contribution in [0.15, 0.2) is 47.4 Å². The van der Waals surface area contributed by atoms with Gasteiger partial charge in [0.25, 0.3) is 5.56 Å². The summed E-state index contributed by atoms with van der Waals surface area (Å²) < 4.78 is 15.4. The van der Waals surface area contributed by atoms with E-state index in [1.807, 2.05) is 0 Å². The molecule has 0 spiro atoms. The van der Waals surface area contributed by atoms with E-state index in [1.54, 1.807) is 31.2 Å². The summed E-state index contributed by atoms with van der Waals surface area (Å²) in [5.74, 6) is -1.92. The van der Waals surface area contributed by atoms with E-state index in [0.717, 1.165) is 0 Å². The van der Waals surface area contributed by atoms with Gasteiger partial charge in [0.05, 0.1) is 10.5 Å². The number of halogens is 2. The highest BCUT2D eigenvalue weighted by molar-refractivity contribution is 6.30. The van der Waals surface area contributed by atoms with Crippen LogP contribution in [-0.2, 0) is 13.0 Å². The third kappa shape index (κ3) is 4.44. The Morgan fingerprint density at radius 1 is 1.17 bits per heavy atom. The maximum absolute atomic E-state index is 14.2. The van der Waals surface area contributed by atoms with Gasteiger partial charge in [-0.3, -0.25) is 9.20 Å². The number of carboxylic acid groups (broad SMARTS) is 1. The van der Waals surface area contributed by atoms with Crippen molar-refractivity contribution in [2.45, 2.75) is 19.9 Å². The molecule has 7 nitrogen and oxygen atoms in total. The number of benzene rings is 1. The first-order chi connectivity index (χ1) is 14.3. The summed E-state index contributed by atoms with van der Waals surface area (Å²) in [6.45, 7) is 2.23. The molecule has 0 aliphatic rings. The average Bonchev–Trinajstić information content (AvgIpc) is 2.71. The van der Waals surface area contributed by atoms with Gasteiger partial charge >= 0.3 is 12.0 Å². The van der Waals surface area contributed by atoms with Crippen LogP contribution in [0, 0.1) is 5.82 Å². The summed E-state index contributed by atoms with van der Waals surface area (Å²) in [4.78, 5) is 35.9. The van der Waals surface area contributed by atoms with Crippen molar-refractivity contribution >= 4 is 29.1 Å². The smallest absolute Gasteiger partial charge is 0.341 e. The molecule has 1 aromatic carbocycles. The van der Waals surface area contributed by atoms with Gasteiger partial charge in [0.1, 0.15) is 11.4 Å². The highest BCUT2D eigenvalue weighted by Gasteiger charge is 2.16. The van der Waals surface area contributed by atoms with Crippen LogP contribution in [0.5, 0.6) is 0 Å². The highest BCUT2D eigenvalue weighted by atomic mass is 35.5. The monoisotopic (exact) mass is 431 g/mol. The molecule has 3 N–H and O–H groups in total. The van der Waals surface area contributed by atoms with Gasteiger partial charge in [-0.25, -0.2) is 14.0 Å². The van der Waals surface area contributed by atoms with Crippen LogP contribution in [0.4, 0.5) is 9.18 Å². The summed E-state index contributed by atoms with van der Waals surface area (Å²) >= 11 is 5.82. The third-order valence-corrected chi connectivity index (χ3v) is 4.83. The molecule has 0 saturated carbocycles. The third-order valence-electron chi connectivity index (χ3n) is 4.54. The fourth-order valence-corrected chi connectivity index (χ4v) is 3.31. The molecule has 9 heteroatoms. The first-order valence-electron chi connectivity index (χ1n) is 9.16. The molecule has 2 amide bonds. The lowest BCUT2D eigenvalue weighted by atomic mass is 10.0. The summed E-state index contributed by atoms with van der Waals surface area (Å²) in [6, 6.07) is 8.85. The first kappa shape index (κ1) is 21.3. The molecule has 3 aromatic rings. The molecule has 0 atom stereocenters. The van der Waals surface area contributed by atoms with Crippen molar-refractivity contribution in [3.05, 3.63) is 86.0 Å². The lowest BCUT2D eigenvalue weighted by Crippen LogP contribution is -2.35. The van der Waals surface area contributed by atoms with E-state index in [2.05, 4.69) is 10.6 Å². The van der Waals surface area contributed by atoms with E-state index in [-0.39, 0.29) is 18.0 Å².